The van der Waals surface area contributed by atoms with E-state index in [1.54, 1.807) is 0 Å². The zero-order valence-electron chi connectivity index (χ0n) is 10.2. The van der Waals surface area contributed by atoms with Crippen LogP contribution < -0.4 is 10.6 Å². The minimum atomic E-state index is -0.763. The van der Waals surface area contributed by atoms with Gasteiger partial charge in [-0.25, -0.2) is 0 Å². The van der Waals surface area contributed by atoms with E-state index in [-0.39, 0.29) is 0 Å². The van der Waals surface area contributed by atoms with Gasteiger partial charge in [0.1, 0.15) is 4.07 Å². The van der Waals surface area contributed by atoms with Gasteiger partial charge in [0.15, 0.2) is 0 Å². The van der Waals surface area contributed by atoms with Gasteiger partial charge >= 0.3 is 0 Å². The minimum absolute atomic E-state index is 0.724. The summed E-state index contributed by atoms with van der Waals surface area (Å²) in [6, 6.07) is 20.6. The standard InChI is InChI=1S/C15H15Cl2P/c1-2-15(16,17)18(13-9-5-3-6-10-13)14-11-7-4-8-12-14/h3-12H,2H2,1H3. The molecule has 0 nitrogen and oxygen atoms in total. The largest absolute Gasteiger partial charge is 0.144 e. The smallest absolute Gasteiger partial charge is 0.0958 e. The Morgan fingerprint density at radius 3 is 1.56 bits per heavy atom. The minimum Gasteiger partial charge on any atom is -0.0958 e. The number of alkyl halides is 2. The van der Waals surface area contributed by atoms with Crippen LogP contribution in [0, 0.1) is 0 Å². The van der Waals surface area contributed by atoms with E-state index in [9.17, 15) is 0 Å². The second-order valence-corrected chi connectivity index (χ2v) is 8.50. The Hall–Kier alpha value is -0.550. The van der Waals surface area contributed by atoms with Gasteiger partial charge in [-0.1, -0.05) is 90.8 Å². The Morgan fingerprint density at radius 1 is 0.833 bits per heavy atom. The molecule has 0 amide bonds. The van der Waals surface area contributed by atoms with Crippen LogP contribution in [-0.2, 0) is 0 Å². The van der Waals surface area contributed by atoms with E-state index in [1.807, 2.05) is 43.3 Å². The van der Waals surface area contributed by atoms with Crippen molar-refractivity contribution in [2.45, 2.75) is 17.4 Å². The Labute approximate surface area is 120 Å². The van der Waals surface area contributed by atoms with Crippen molar-refractivity contribution in [1.82, 2.24) is 0 Å². The first-order valence-electron chi connectivity index (χ1n) is 5.93. The van der Waals surface area contributed by atoms with Gasteiger partial charge in [0.05, 0.1) is 0 Å². The predicted octanol–water partition coefficient (Wildman–Crippen LogP) is 4.66. The highest BCUT2D eigenvalue weighted by Crippen LogP contribution is 2.55. The normalized spacial score (nSPS) is 11.8. The second kappa shape index (κ2) is 6.06. The van der Waals surface area contributed by atoms with Crippen LogP contribution in [0.3, 0.4) is 0 Å². The molecule has 0 saturated carbocycles. The molecule has 18 heavy (non-hydrogen) atoms. The lowest BCUT2D eigenvalue weighted by atomic mass is 10.4. The quantitative estimate of drug-likeness (QED) is 0.568. The number of rotatable bonds is 4. The molecule has 0 aliphatic heterocycles. The first-order chi connectivity index (χ1) is 8.65. The number of hydrogen-bond donors (Lipinski definition) is 0. The molecule has 3 heteroatoms. The topological polar surface area (TPSA) is 0 Å². The van der Waals surface area contributed by atoms with Crippen LogP contribution in [0.2, 0.25) is 0 Å². The van der Waals surface area contributed by atoms with Crippen LogP contribution in [0.15, 0.2) is 60.7 Å². The van der Waals surface area contributed by atoms with Crippen molar-refractivity contribution in [3.63, 3.8) is 0 Å². The molecule has 0 radical (unpaired) electrons. The van der Waals surface area contributed by atoms with Crippen molar-refractivity contribution in [3.05, 3.63) is 60.7 Å². The van der Waals surface area contributed by atoms with Crippen molar-refractivity contribution in [2.75, 3.05) is 0 Å². The van der Waals surface area contributed by atoms with Crippen molar-refractivity contribution in [3.8, 4) is 0 Å². The van der Waals surface area contributed by atoms with Gasteiger partial charge in [-0.3, -0.25) is 0 Å². The van der Waals surface area contributed by atoms with Gasteiger partial charge in [0, 0.05) is 0 Å². The van der Waals surface area contributed by atoms with Gasteiger partial charge in [0.2, 0.25) is 0 Å². The summed E-state index contributed by atoms with van der Waals surface area (Å²) in [4.78, 5) is 0. The fourth-order valence-electron chi connectivity index (χ4n) is 1.84. The van der Waals surface area contributed by atoms with Gasteiger partial charge in [-0.2, -0.15) is 0 Å². The third-order valence-electron chi connectivity index (χ3n) is 2.78. The molecule has 0 spiro atoms. The fourth-order valence-corrected chi connectivity index (χ4v) is 5.32. The molecule has 0 atom stereocenters. The summed E-state index contributed by atoms with van der Waals surface area (Å²) in [6.07, 6.45) is 0.728. The summed E-state index contributed by atoms with van der Waals surface area (Å²) in [6.45, 7) is 2.03. The summed E-state index contributed by atoms with van der Waals surface area (Å²) < 4.78 is -0.724. The molecule has 0 aromatic heterocycles. The first-order valence-corrected chi connectivity index (χ1v) is 8.03. The van der Waals surface area contributed by atoms with Crippen molar-refractivity contribution >= 4 is 41.7 Å². The summed E-state index contributed by atoms with van der Waals surface area (Å²) in [7, 11) is -0.763. The second-order valence-electron chi connectivity index (χ2n) is 4.03. The van der Waals surface area contributed by atoms with Crippen LogP contribution in [0.5, 0.6) is 0 Å². The predicted molar refractivity (Wildman–Crippen MR) is 83.8 cm³/mol. The molecule has 0 N–H and O–H groups in total. The maximum absolute atomic E-state index is 6.55. The van der Waals surface area contributed by atoms with Crippen molar-refractivity contribution < 1.29 is 0 Å². The van der Waals surface area contributed by atoms with E-state index in [2.05, 4.69) is 24.3 Å². The molecule has 2 aromatic rings. The van der Waals surface area contributed by atoms with Crippen molar-refractivity contribution in [2.24, 2.45) is 0 Å². The molecular formula is C15H15Cl2P. The molecule has 94 valence electrons. The van der Waals surface area contributed by atoms with Crippen LogP contribution in [-0.4, -0.2) is 4.07 Å². The maximum atomic E-state index is 6.55. The molecule has 0 aliphatic rings. The third kappa shape index (κ3) is 3.06. The van der Waals surface area contributed by atoms with E-state index < -0.39 is 12.0 Å². The van der Waals surface area contributed by atoms with Crippen LogP contribution >= 0.6 is 31.1 Å². The van der Waals surface area contributed by atoms with E-state index in [0.717, 1.165) is 6.42 Å². The summed E-state index contributed by atoms with van der Waals surface area (Å²) >= 11 is 13.1. The lowest BCUT2D eigenvalue weighted by Crippen LogP contribution is -2.24. The van der Waals surface area contributed by atoms with Crippen molar-refractivity contribution in [1.29, 1.82) is 0 Å². The fraction of sp³-hybridized carbons (Fsp3) is 0.200. The Balaban J connectivity index is 2.49. The number of benzene rings is 2. The average Bonchev–Trinajstić information content (AvgIpc) is 2.41. The molecule has 0 aliphatic carbocycles. The Bertz CT molecular complexity index is 443. The highest BCUT2D eigenvalue weighted by atomic mass is 35.5. The highest BCUT2D eigenvalue weighted by molar-refractivity contribution is 7.77. The van der Waals surface area contributed by atoms with Crippen LogP contribution in [0.4, 0.5) is 0 Å². The zero-order chi connectivity index (χ0) is 13.0. The average molecular weight is 297 g/mol. The van der Waals surface area contributed by atoms with E-state index in [1.165, 1.54) is 10.6 Å². The van der Waals surface area contributed by atoms with Gasteiger partial charge in [-0.05, 0) is 25.0 Å². The summed E-state index contributed by atoms with van der Waals surface area (Å²) in [5.74, 6) is 0. The molecule has 0 heterocycles. The Morgan fingerprint density at radius 2 is 1.22 bits per heavy atom. The summed E-state index contributed by atoms with van der Waals surface area (Å²) in [5, 5.41) is 2.43. The molecule has 0 unspecified atom stereocenters. The molecular weight excluding hydrogens is 282 g/mol. The Kier molecular flexibility index (Phi) is 4.67. The first kappa shape index (κ1) is 13.9. The lowest BCUT2D eigenvalue weighted by Gasteiger charge is -2.30. The van der Waals surface area contributed by atoms with Gasteiger partial charge in [-0.15, -0.1) is 0 Å². The molecule has 2 rings (SSSR count). The third-order valence-corrected chi connectivity index (χ3v) is 6.93. The molecule has 2 aromatic carbocycles. The van der Waals surface area contributed by atoms with Crippen LogP contribution in [0.25, 0.3) is 0 Å². The van der Waals surface area contributed by atoms with Gasteiger partial charge < -0.3 is 0 Å². The van der Waals surface area contributed by atoms with E-state index in [4.69, 9.17) is 23.2 Å². The van der Waals surface area contributed by atoms with E-state index in [0.29, 0.717) is 0 Å². The lowest BCUT2D eigenvalue weighted by molar-refractivity contribution is 0.978. The highest BCUT2D eigenvalue weighted by Gasteiger charge is 2.35. The monoisotopic (exact) mass is 296 g/mol. The molecule has 0 fully saturated rings. The molecule has 0 saturated heterocycles. The summed E-state index contributed by atoms with van der Waals surface area (Å²) in [5.41, 5.74) is 0. The van der Waals surface area contributed by atoms with Crippen LogP contribution in [0.1, 0.15) is 13.3 Å². The van der Waals surface area contributed by atoms with Gasteiger partial charge in [0.25, 0.3) is 0 Å². The SMILES string of the molecule is CCC(Cl)(Cl)P(c1ccccc1)c1ccccc1. The number of hydrogen-bond acceptors (Lipinski definition) is 0. The molecule has 0 bridgehead atoms. The maximum Gasteiger partial charge on any atom is 0.144 e. The number of halogens is 2. The van der Waals surface area contributed by atoms with E-state index >= 15 is 0 Å². The zero-order valence-corrected chi connectivity index (χ0v) is 12.6.